The maximum Gasteiger partial charge on any atom is 0.320 e. The minimum atomic E-state index is -0.518. The molecule has 2 spiro atoms. The van der Waals surface area contributed by atoms with Gasteiger partial charge >= 0.3 is 12.1 Å². The second-order valence-corrected chi connectivity index (χ2v) is 19.4. The van der Waals surface area contributed by atoms with Gasteiger partial charge in [-0.3, -0.25) is 9.80 Å². The molecule has 2 aliphatic heterocycles. The molecule has 4 amide bonds. The third-order valence-electron chi connectivity index (χ3n) is 14.7. The van der Waals surface area contributed by atoms with Crippen LogP contribution in [0, 0.1) is 35.5 Å². The zero-order chi connectivity index (χ0) is 39.2. The van der Waals surface area contributed by atoms with Gasteiger partial charge in [0.05, 0.1) is 22.6 Å². The number of carbonyl (C=O) groups excluding carboxylic acids is 2. The van der Waals surface area contributed by atoms with Gasteiger partial charge in [-0.25, -0.2) is 9.59 Å². The van der Waals surface area contributed by atoms with Crippen LogP contribution in [0.5, 0.6) is 0 Å². The van der Waals surface area contributed by atoms with Crippen LogP contribution < -0.4 is 5.32 Å². The van der Waals surface area contributed by atoms with Gasteiger partial charge in [-0.2, -0.15) is 5.26 Å². The van der Waals surface area contributed by atoms with Crippen LogP contribution in [0.2, 0.25) is 0 Å². The Hall–Kier alpha value is -3.61. The average molecular weight is 750 g/mol. The molecular formula is C46H67N7O2. The molecule has 8 rings (SSSR count). The van der Waals surface area contributed by atoms with E-state index in [2.05, 4.69) is 121 Å². The Balaban J connectivity index is 0.000000174. The molecule has 55 heavy (non-hydrogen) atoms. The van der Waals surface area contributed by atoms with Crippen molar-refractivity contribution in [2.24, 2.45) is 17.3 Å². The van der Waals surface area contributed by atoms with Crippen molar-refractivity contribution in [2.75, 3.05) is 60.9 Å². The predicted molar refractivity (Wildman–Crippen MR) is 219 cm³/mol. The Labute approximate surface area is 331 Å². The fourth-order valence-electron chi connectivity index (χ4n) is 10.6. The van der Waals surface area contributed by atoms with Gasteiger partial charge in [0.15, 0.2) is 0 Å². The van der Waals surface area contributed by atoms with Gasteiger partial charge in [-0.05, 0) is 149 Å². The monoisotopic (exact) mass is 750 g/mol. The summed E-state index contributed by atoms with van der Waals surface area (Å²) >= 11 is 0. The molecule has 2 saturated heterocycles. The SMILES string of the molecule is CN(C)C1(c2ccccc2)CCC2(CC1)CNC(=O)N2CC1CC1.Cc1cccc(C2(N(C)C)CCC3(CC2)CN(CC(C)(C)C#N)C(=O)N3CC2CC2)c1. The highest BCUT2D eigenvalue weighted by Crippen LogP contribution is 2.51. The molecule has 0 bridgehead atoms. The summed E-state index contributed by atoms with van der Waals surface area (Å²) in [5, 5.41) is 12.7. The van der Waals surface area contributed by atoms with Gasteiger partial charge in [0, 0.05) is 43.8 Å². The number of benzene rings is 2. The summed E-state index contributed by atoms with van der Waals surface area (Å²) < 4.78 is 0. The summed E-state index contributed by atoms with van der Waals surface area (Å²) in [6, 6.07) is 22.6. The van der Waals surface area contributed by atoms with E-state index in [1.54, 1.807) is 0 Å². The number of rotatable bonds is 10. The van der Waals surface area contributed by atoms with Crippen molar-refractivity contribution in [2.45, 2.75) is 120 Å². The van der Waals surface area contributed by atoms with Crippen LogP contribution >= 0.6 is 0 Å². The first kappa shape index (κ1) is 39.6. The summed E-state index contributed by atoms with van der Waals surface area (Å²) in [5.74, 6) is 1.42. The van der Waals surface area contributed by atoms with Gasteiger partial charge in [0.25, 0.3) is 0 Å². The number of nitrogens with zero attached hydrogens (tertiary/aromatic N) is 6. The normalized spacial score (nSPS) is 30.9. The van der Waals surface area contributed by atoms with Crippen LogP contribution in [-0.4, -0.2) is 109 Å². The second kappa shape index (κ2) is 15.0. The quantitative estimate of drug-likeness (QED) is 0.267. The van der Waals surface area contributed by atoms with Crippen LogP contribution in [-0.2, 0) is 11.1 Å². The van der Waals surface area contributed by atoms with Gasteiger partial charge < -0.3 is 20.0 Å². The lowest BCUT2D eigenvalue weighted by Gasteiger charge is -2.51. The highest BCUT2D eigenvalue weighted by molar-refractivity contribution is 5.79. The first-order valence-corrected chi connectivity index (χ1v) is 21.2. The van der Waals surface area contributed by atoms with Gasteiger partial charge in [-0.15, -0.1) is 0 Å². The molecule has 2 aromatic carbocycles. The molecule has 0 radical (unpaired) electrons. The molecule has 298 valence electrons. The Kier molecular flexibility index (Phi) is 10.8. The fourth-order valence-corrected chi connectivity index (χ4v) is 10.6. The summed E-state index contributed by atoms with van der Waals surface area (Å²) in [4.78, 5) is 37.0. The molecule has 0 atom stereocenters. The zero-order valence-corrected chi connectivity index (χ0v) is 34.9. The molecule has 0 aromatic heterocycles. The molecule has 4 saturated carbocycles. The van der Waals surface area contributed by atoms with Crippen LogP contribution in [0.1, 0.15) is 108 Å². The number of nitrogens with one attached hydrogen (secondary N) is 1. The smallest absolute Gasteiger partial charge is 0.320 e. The Morgan fingerprint density at radius 3 is 1.80 bits per heavy atom. The summed E-state index contributed by atoms with van der Waals surface area (Å²) in [6.07, 6.45) is 13.6. The topological polar surface area (TPSA) is 86.2 Å². The highest BCUT2D eigenvalue weighted by Gasteiger charge is 2.56. The molecule has 2 heterocycles. The molecule has 6 aliphatic rings. The number of amides is 4. The maximum absolute atomic E-state index is 13.5. The van der Waals surface area contributed by atoms with Crippen LogP contribution in [0.4, 0.5) is 9.59 Å². The van der Waals surface area contributed by atoms with Crippen molar-refractivity contribution in [3.8, 4) is 6.07 Å². The van der Waals surface area contributed by atoms with E-state index >= 15 is 0 Å². The molecule has 9 nitrogen and oxygen atoms in total. The molecule has 0 unspecified atom stereocenters. The Morgan fingerprint density at radius 2 is 1.27 bits per heavy atom. The molecule has 1 N–H and O–H groups in total. The summed E-state index contributed by atoms with van der Waals surface area (Å²) in [5.41, 5.74) is 3.67. The first-order chi connectivity index (χ1) is 26.2. The number of hydrogen-bond acceptors (Lipinski definition) is 5. The highest BCUT2D eigenvalue weighted by atomic mass is 16.2. The molecule has 9 heteroatoms. The maximum atomic E-state index is 13.5. The van der Waals surface area contributed by atoms with Crippen molar-refractivity contribution in [1.82, 2.24) is 29.8 Å². The number of nitriles is 1. The average Bonchev–Trinajstić information content (AvgIpc) is 4.12. The van der Waals surface area contributed by atoms with Crippen molar-refractivity contribution in [3.05, 3.63) is 71.3 Å². The van der Waals surface area contributed by atoms with Crippen molar-refractivity contribution in [3.63, 3.8) is 0 Å². The van der Waals surface area contributed by atoms with E-state index in [1.807, 2.05) is 18.7 Å². The molecule has 4 aliphatic carbocycles. The zero-order valence-electron chi connectivity index (χ0n) is 34.9. The van der Waals surface area contributed by atoms with Crippen molar-refractivity contribution in [1.29, 1.82) is 5.26 Å². The third-order valence-corrected chi connectivity index (χ3v) is 14.7. The van der Waals surface area contributed by atoms with Crippen LogP contribution in [0.3, 0.4) is 0 Å². The largest absolute Gasteiger partial charge is 0.336 e. The van der Waals surface area contributed by atoms with E-state index in [-0.39, 0.29) is 34.2 Å². The minimum absolute atomic E-state index is 0.0188. The Bertz CT molecular complexity index is 1720. The lowest BCUT2D eigenvalue weighted by molar-refractivity contribution is 0.0230. The number of aryl methyl sites for hydroxylation is 1. The van der Waals surface area contributed by atoms with E-state index in [4.69, 9.17) is 0 Å². The van der Waals surface area contributed by atoms with E-state index in [0.717, 1.165) is 83.5 Å². The third kappa shape index (κ3) is 7.75. The number of urea groups is 2. The van der Waals surface area contributed by atoms with Crippen LogP contribution in [0.15, 0.2) is 54.6 Å². The van der Waals surface area contributed by atoms with Crippen LogP contribution in [0.25, 0.3) is 0 Å². The van der Waals surface area contributed by atoms with Gasteiger partial charge in [0.2, 0.25) is 0 Å². The van der Waals surface area contributed by atoms with Crippen molar-refractivity contribution >= 4 is 12.1 Å². The number of hydrogen-bond donors (Lipinski definition) is 1. The lowest BCUT2D eigenvalue weighted by atomic mass is 9.68. The van der Waals surface area contributed by atoms with E-state index < -0.39 is 5.41 Å². The first-order valence-electron chi connectivity index (χ1n) is 21.2. The number of carbonyl (C=O) groups is 2. The predicted octanol–water partition coefficient (Wildman–Crippen LogP) is 7.95. The molecule has 2 aromatic rings. The minimum Gasteiger partial charge on any atom is -0.336 e. The molecular weight excluding hydrogens is 683 g/mol. The van der Waals surface area contributed by atoms with E-state index in [9.17, 15) is 14.9 Å². The van der Waals surface area contributed by atoms with Crippen molar-refractivity contribution < 1.29 is 9.59 Å². The van der Waals surface area contributed by atoms with Gasteiger partial charge in [-0.1, -0.05) is 60.2 Å². The second-order valence-electron chi connectivity index (χ2n) is 19.4. The molecule has 6 fully saturated rings. The van der Waals surface area contributed by atoms with Gasteiger partial charge in [0.1, 0.15) is 0 Å². The summed E-state index contributed by atoms with van der Waals surface area (Å²) in [7, 11) is 8.80. The van der Waals surface area contributed by atoms with E-state index in [1.165, 1.54) is 42.4 Å². The Morgan fingerprint density at radius 1 is 0.745 bits per heavy atom. The fraction of sp³-hybridized carbons (Fsp3) is 0.674. The van der Waals surface area contributed by atoms with E-state index in [0.29, 0.717) is 12.5 Å². The lowest BCUT2D eigenvalue weighted by Crippen LogP contribution is -2.55. The standard InChI is InChI=1S/C26H38N4O.C20H29N3O/c1-20-7-6-8-22(15-20)26(28(4)5)13-11-25(12-14-26)19-29(18-24(2,3)17-27)23(31)30(25)16-21-9-10-21;1-22(2)20(17-6-4-3-5-7-17)12-10-19(11-13-20)15-21-18(24)23(19)14-16-8-9-16/h6-8,15,21H,9-14,16,18-19H2,1-5H3;3-7,16H,8-15H2,1-2H3,(H,21,24). The summed E-state index contributed by atoms with van der Waals surface area (Å²) in [6.45, 7) is 10.0.